The summed E-state index contributed by atoms with van der Waals surface area (Å²) >= 11 is 0. The average Bonchev–Trinajstić information content (AvgIpc) is 2.69. The molecule has 1 fully saturated rings. The second-order valence-corrected chi connectivity index (χ2v) is 7.61. The zero-order valence-corrected chi connectivity index (χ0v) is 18.0. The van der Waals surface area contributed by atoms with E-state index in [1.54, 1.807) is 11.8 Å². The van der Waals surface area contributed by atoms with Crippen molar-refractivity contribution in [2.24, 2.45) is 0 Å². The molecule has 1 aliphatic rings. The maximum atomic E-state index is 12.5. The van der Waals surface area contributed by atoms with E-state index in [1.807, 2.05) is 17.0 Å². The lowest BCUT2D eigenvalue weighted by Gasteiger charge is -2.34. The third-order valence-corrected chi connectivity index (χ3v) is 5.30. The normalized spacial score (nSPS) is 14.8. The first-order valence-electron chi connectivity index (χ1n) is 10.6. The summed E-state index contributed by atoms with van der Waals surface area (Å²) in [6.07, 6.45) is 2.27. The molecule has 0 aliphatic carbocycles. The maximum absolute atomic E-state index is 12.5. The highest BCUT2D eigenvalue weighted by Gasteiger charge is 2.18. The highest BCUT2D eigenvalue weighted by atomic mass is 16.2. The van der Waals surface area contributed by atoms with Crippen molar-refractivity contribution in [3.63, 3.8) is 0 Å². The minimum atomic E-state index is -0.0299. The summed E-state index contributed by atoms with van der Waals surface area (Å²) in [4.78, 5) is 33.1. The second kappa shape index (κ2) is 11.1. The van der Waals surface area contributed by atoms with Gasteiger partial charge in [-0.3, -0.25) is 9.59 Å². The third-order valence-electron chi connectivity index (χ3n) is 5.30. The van der Waals surface area contributed by atoms with E-state index in [2.05, 4.69) is 42.8 Å². The van der Waals surface area contributed by atoms with Gasteiger partial charge in [-0.05, 0) is 44.2 Å². The van der Waals surface area contributed by atoms with Crippen molar-refractivity contribution in [3.05, 3.63) is 24.3 Å². The summed E-state index contributed by atoms with van der Waals surface area (Å²) in [7, 11) is 2.15. The molecule has 28 heavy (non-hydrogen) atoms. The number of rotatable bonds is 9. The molecule has 0 unspecified atom stereocenters. The molecular weight excluding hydrogens is 352 g/mol. The fourth-order valence-corrected chi connectivity index (χ4v) is 3.64. The predicted octanol–water partition coefficient (Wildman–Crippen LogP) is 2.83. The molecule has 0 spiro atoms. The van der Waals surface area contributed by atoms with Gasteiger partial charge in [0.15, 0.2) is 0 Å². The molecule has 156 valence electrons. The van der Waals surface area contributed by atoms with Gasteiger partial charge in [0.05, 0.1) is 0 Å². The molecule has 6 heteroatoms. The summed E-state index contributed by atoms with van der Waals surface area (Å²) in [5.41, 5.74) is 2.05. The van der Waals surface area contributed by atoms with E-state index in [4.69, 9.17) is 0 Å². The zero-order valence-electron chi connectivity index (χ0n) is 18.0. The van der Waals surface area contributed by atoms with E-state index in [0.29, 0.717) is 13.0 Å². The zero-order chi connectivity index (χ0) is 20.5. The summed E-state index contributed by atoms with van der Waals surface area (Å²) in [6, 6.07) is 8.16. The predicted molar refractivity (Wildman–Crippen MR) is 116 cm³/mol. The molecule has 1 aromatic rings. The lowest BCUT2D eigenvalue weighted by atomic mass is 10.2. The van der Waals surface area contributed by atoms with Crippen LogP contribution >= 0.6 is 0 Å². The fraction of sp³-hybridized carbons (Fsp3) is 0.636. The quantitative estimate of drug-likeness (QED) is 0.653. The van der Waals surface area contributed by atoms with Gasteiger partial charge in [-0.1, -0.05) is 13.8 Å². The molecule has 1 saturated heterocycles. The molecule has 0 aromatic heterocycles. The minimum absolute atomic E-state index is 0.0299. The van der Waals surface area contributed by atoms with Crippen molar-refractivity contribution in [1.29, 1.82) is 0 Å². The van der Waals surface area contributed by atoms with E-state index in [9.17, 15) is 9.59 Å². The molecule has 0 bridgehead atoms. The van der Waals surface area contributed by atoms with Gasteiger partial charge in [-0.25, -0.2) is 0 Å². The van der Waals surface area contributed by atoms with Crippen LogP contribution in [0, 0.1) is 0 Å². The fourth-order valence-electron chi connectivity index (χ4n) is 3.64. The van der Waals surface area contributed by atoms with Crippen molar-refractivity contribution >= 4 is 23.2 Å². The van der Waals surface area contributed by atoms with Crippen LogP contribution in [0.4, 0.5) is 11.4 Å². The lowest BCUT2D eigenvalue weighted by molar-refractivity contribution is -0.131. The van der Waals surface area contributed by atoms with Gasteiger partial charge in [0.25, 0.3) is 0 Å². The molecule has 2 rings (SSSR count). The first-order chi connectivity index (χ1) is 13.5. The summed E-state index contributed by atoms with van der Waals surface area (Å²) < 4.78 is 0. The Hall–Kier alpha value is -2.08. The largest absolute Gasteiger partial charge is 0.369 e. The van der Waals surface area contributed by atoms with Crippen LogP contribution in [0.2, 0.25) is 0 Å². The number of likely N-dealkylation sites (N-methyl/N-ethyl adjacent to an activating group) is 1. The van der Waals surface area contributed by atoms with E-state index < -0.39 is 0 Å². The first kappa shape index (κ1) is 22.2. The van der Waals surface area contributed by atoms with Crippen LogP contribution in [0.25, 0.3) is 0 Å². The number of hydrogen-bond acceptors (Lipinski definition) is 4. The van der Waals surface area contributed by atoms with Crippen molar-refractivity contribution in [3.8, 4) is 0 Å². The molecule has 0 saturated carbocycles. The Morgan fingerprint density at radius 2 is 1.50 bits per heavy atom. The maximum Gasteiger partial charge on any atom is 0.224 e. The van der Waals surface area contributed by atoms with Crippen LogP contribution in [-0.4, -0.2) is 74.5 Å². The molecular formula is C22H36N4O2. The summed E-state index contributed by atoms with van der Waals surface area (Å²) in [6.45, 7) is 11.9. The van der Waals surface area contributed by atoms with Crippen molar-refractivity contribution < 1.29 is 9.59 Å². The van der Waals surface area contributed by atoms with Crippen LogP contribution in [-0.2, 0) is 9.59 Å². The third kappa shape index (κ3) is 6.23. The molecule has 2 amide bonds. The highest BCUT2D eigenvalue weighted by Crippen LogP contribution is 2.22. The first-order valence-corrected chi connectivity index (χ1v) is 10.6. The molecule has 1 aromatic carbocycles. The van der Waals surface area contributed by atoms with Crippen LogP contribution in [0.15, 0.2) is 24.3 Å². The standard InChI is InChI=1S/C22H36N4O2/c1-5-12-25(13-6-2)22(28)11-14-26(19(3)27)21-9-7-20(8-10-21)24-17-15-23(4)16-18-24/h7-10H,5-6,11-18H2,1-4H3. The van der Waals surface area contributed by atoms with Gasteiger partial charge in [0.1, 0.15) is 0 Å². The Bertz CT molecular complexity index is 618. The lowest BCUT2D eigenvalue weighted by Crippen LogP contribution is -2.44. The smallest absolute Gasteiger partial charge is 0.224 e. The van der Waals surface area contributed by atoms with E-state index in [-0.39, 0.29) is 11.8 Å². The average molecular weight is 389 g/mol. The molecule has 1 aliphatic heterocycles. The Balaban J connectivity index is 1.99. The van der Waals surface area contributed by atoms with Crippen LogP contribution in [0.5, 0.6) is 0 Å². The number of nitrogens with zero attached hydrogens (tertiary/aromatic N) is 4. The molecule has 0 N–H and O–H groups in total. The Labute approximate surface area is 170 Å². The van der Waals surface area contributed by atoms with E-state index in [0.717, 1.165) is 57.8 Å². The number of anilines is 2. The number of benzene rings is 1. The van der Waals surface area contributed by atoms with Crippen molar-refractivity contribution in [2.75, 3.05) is 62.7 Å². The Kier molecular flexibility index (Phi) is 8.77. The summed E-state index contributed by atoms with van der Waals surface area (Å²) in [5.74, 6) is 0.0988. The van der Waals surface area contributed by atoms with Gasteiger partial charge in [0.2, 0.25) is 11.8 Å². The van der Waals surface area contributed by atoms with Crippen LogP contribution in [0.1, 0.15) is 40.0 Å². The van der Waals surface area contributed by atoms with Crippen LogP contribution < -0.4 is 9.80 Å². The minimum Gasteiger partial charge on any atom is -0.369 e. The van der Waals surface area contributed by atoms with Gasteiger partial charge in [-0.15, -0.1) is 0 Å². The number of amides is 2. The van der Waals surface area contributed by atoms with Gasteiger partial charge in [-0.2, -0.15) is 0 Å². The Morgan fingerprint density at radius 1 is 0.929 bits per heavy atom. The monoisotopic (exact) mass is 388 g/mol. The molecule has 0 radical (unpaired) electrons. The SMILES string of the molecule is CCCN(CCC)C(=O)CCN(C(C)=O)c1ccc(N2CCN(C)CC2)cc1. The van der Waals surface area contributed by atoms with E-state index >= 15 is 0 Å². The second-order valence-electron chi connectivity index (χ2n) is 7.61. The van der Waals surface area contributed by atoms with Crippen molar-refractivity contribution in [1.82, 2.24) is 9.80 Å². The van der Waals surface area contributed by atoms with Gasteiger partial charge < -0.3 is 19.6 Å². The number of carbonyl (C=O) groups excluding carboxylic acids is 2. The topological polar surface area (TPSA) is 47.1 Å². The van der Waals surface area contributed by atoms with Gasteiger partial charge in [0, 0.05) is 70.5 Å². The van der Waals surface area contributed by atoms with Gasteiger partial charge >= 0.3 is 0 Å². The van der Waals surface area contributed by atoms with Crippen LogP contribution in [0.3, 0.4) is 0 Å². The van der Waals surface area contributed by atoms with Crippen molar-refractivity contribution in [2.45, 2.75) is 40.0 Å². The number of hydrogen-bond donors (Lipinski definition) is 0. The Morgan fingerprint density at radius 3 is 2.00 bits per heavy atom. The number of piperazine rings is 1. The molecule has 1 heterocycles. The molecule has 0 atom stereocenters. The highest BCUT2D eigenvalue weighted by molar-refractivity contribution is 5.92. The summed E-state index contributed by atoms with van der Waals surface area (Å²) in [5, 5.41) is 0. The van der Waals surface area contributed by atoms with E-state index in [1.165, 1.54) is 5.69 Å². The number of carbonyl (C=O) groups is 2. The molecule has 6 nitrogen and oxygen atoms in total.